The van der Waals surface area contributed by atoms with Gasteiger partial charge in [-0.2, -0.15) is 0 Å². The van der Waals surface area contributed by atoms with Crippen LogP contribution in [0.1, 0.15) is 16.1 Å². The van der Waals surface area contributed by atoms with E-state index < -0.39 is 0 Å². The van der Waals surface area contributed by atoms with Gasteiger partial charge in [-0.05, 0) is 12.1 Å². The molecule has 0 amide bonds. The van der Waals surface area contributed by atoms with Gasteiger partial charge in [0.15, 0.2) is 0 Å². The van der Waals surface area contributed by atoms with Gasteiger partial charge in [0.25, 0.3) is 0 Å². The molecule has 1 heterocycles. The molecular formula is C11H7Cl2N3O. The van der Waals surface area contributed by atoms with Crippen LogP contribution in [0.4, 0.5) is 5.69 Å². The third-order valence-electron chi connectivity index (χ3n) is 2.14. The van der Waals surface area contributed by atoms with Crippen molar-refractivity contribution in [3.8, 4) is 0 Å². The number of rotatable bonds is 2. The van der Waals surface area contributed by atoms with Crippen LogP contribution in [0.5, 0.6) is 0 Å². The van der Waals surface area contributed by atoms with E-state index in [9.17, 15) is 4.79 Å². The lowest BCUT2D eigenvalue weighted by Gasteiger charge is -2.05. The fourth-order valence-electron chi connectivity index (χ4n) is 1.28. The minimum absolute atomic E-state index is 0.226. The maximum Gasteiger partial charge on any atom is 0.213 e. The number of benzene rings is 1. The smallest absolute Gasteiger partial charge is 0.213 e. The number of nitrogens with two attached hydrogens (primary N) is 1. The predicted octanol–water partition coefficient (Wildman–Crippen LogP) is 2.60. The molecule has 2 rings (SSSR count). The zero-order valence-corrected chi connectivity index (χ0v) is 10.0. The monoisotopic (exact) mass is 267 g/mol. The molecule has 1 aromatic carbocycles. The molecule has 0 aliphatic heterocycles. The van der Waals surface area contributed by atoms with Crippen molar-refractivity contribution in [2.45, 2.75) is 0 Å². The lowest BCUT2D eigenvalue weighted by molar-refractivity contribution is 0.103. The molecule has 0 saturated heterocycles. The van der Waals surface area contributed by atoms with E-state index in [-0.39, 0.29) is 27.2 Å². The number of carbonyl (C=O) groups is 1. The van der Waals surface area contributed by atoms with Gasteiger partial charge >= 0.3 is 0 Å². The summed E-state index contributed by atoms with van der Waals surface area (Å²) in [6.45, 7) is 0. The molecule has 0 bridgehead atoms. The summed E-state index contributed by atoms with van der Waals surface area (Å²) >= 11 is 11.7. The molecule has 4 nitrogen and oxygen atoms in total. The summed E-state index contributed by atoms with van der Waals surface area (Å²) in [4.78, 5) is 19.7. The zero-order valence-electron chi connectivity index (χ0n) is 8.52. The van der Waals surface area contributed by atoms with E-state index >= 15 is 0 Å². The molecule has 86 valence electrons. The number of hydrogen-bond acceptors (Lipinski definition) is 4. The third-order valence-corrected chi connectivity index (χ3v) is 2.76. The summed E-state index contributed by atoms with van der Waals surface area (Å²) in [6.07, 6.45) is 4.30. The molecular weight excluding hydrogens is 261 g/mol. The van der Waals surface area contributed by atoms with Gasteiger partial charge < -0.3 is 5.73 Å². The molecule has 2 aromatic rings. The normalized spacial score (nSPS) is 10.2. The van der Waals surface area contributed by atoms with Crippen LogP contribution in [-0.4, -0.2) is 15.8 Å². The maximum atomic E-state index is 12.0. The Balaban J connectivity index is 2.45. The van der Waals surface area contributed by atoms with Gasteiger partial charge in [-0.25, -0.2) is 4.98 Å². The van der Waals surface area contributed by atoms with E-state index in [1.807, 2.05) is 0 Å². The topological polar surface area (TPSA) is 68.9 Å². The number of nitrogens with zero attached hydrogens (tertiary/aromatic N) is 2. The minimum atomic E-state index is -0.304. The Morgan fingerprint density at radius 2 is 1.82 bits per heavy atom. The largest absolute Gasteiger partial charge is 0.396 e. The highest BCUT2D eigenvalue weighted by Gasteiger charge is 2.14. The average Bonchev–Trinajstić information content (AvgIpc) is 2.35. The first-order chi connectivity index (χ1) is 8.09. The molecule has 0 unspecified atom stereocenters. The average molecular weight is 268 g/mol. The summed E-state index contributed by atoms with van der Waals surface area (Å²) in [5.74, 6) is -0.304. The highest BCUT2D eigenvalue weighted by Crippen LogP contribution is 2.29. The number of anilines is 1. The first-order valence-electron chi connectivity index (χ1n) is 4.65. The van der Waals surface area contributed by atoms with Crippen LogP contribution in [0, 0.1) is 0 Å². The highest BCUT2D eigenvalue weighted by atomic mass is 35.5. The number of ketones is 1. The molecule has 2 N–H and O–H groups in total. The molecule has 0 radical (unpaired) electrons. The number of aromatic nitrogens is 2. The fraction of sp³-hybridized carbons (Fsp3) is 0. The molecule has 17 heavy (non-hydrogen) atoms. The Kier molecular flexibility index (Phi) is 3.26. The number of hydrogen-bond donors (Lipinski definition) is 1. The molecule has 0 aliphatic carbocycles. The van der Waals surface area contributed by atoms with E-state index in [1.165, 1.54) is 30.7 Å². The lowest BCUT2D eigenvalue weighted by atomic mass is 10.1. The van der Waals surface area contributed by atoms with Crippen molar-refractivity contribution < 1.29 is 4.79 Å². The quantitative estimate of drug-likeness (QED) is 0.671. The van der Waals surface area contributed by atoms with Gasteiger partial charge in [0.1, 0.15) is 5.69 Å². The molecule has 0 aliphatic rings. The second-order valence-electron chi connectivity index (χ2n) is 3.27. The van der Waals surface area contributed by atoms with Crippen LogP contribution < -0.4 is 5.73 Å². The van der Waals surface area contributed by atoms with Gasteiger partial charge in [-0.3, -0.25) is 9.78 Å². The van der Waals surface area contributed by atoms with Crippen molar-refractivity contribution in [1.29, 1.82) is 0 Å². The molecule has 0 saturated carbocycles. The Bertz CT molecular complexity index is 549. The third kappa shape index (κ3) is 2.38. The van der Waals surface area contributed by atoms with Crippen LogP contribution in [0.3, 0.4) is 0 Å². The van der Waals surface area contributed by atoms with Gasteiger partial charge in [-0.15, -0.1) is 0 Å². The van der Waals surface area contributed by atoms with Gasteiger partial charge in [0.05, 0.1) is 21.9 Å². The van der Waals surface area contributed by atoms with E-state index in [2.05, 4.69) is 9.97 Å². The van der Waals surface area contributed by atoms with Crippen molar-refractivity contribution >= 4 is 34.7 Å². The Morgan fingerprint density at radius 3 is 2.35 bits per heavy atom. The summed E-state index contributed by atoms with van der Waals surface area (Å²) in [5, 5.41) is 0.481. The number of carbonyl (C=O) groups excluding carboxylic acids is 1. The number of halogens is 2. The maximum absolute atomic E-state index is 12.0. The van der Waals surface area contributed by atoms with E-state index in [0.717, 1.165) is 0 Å². The fourth-order valence-corrected chi connectivity index (χ4v) is 1.77. The van der Waals surface area contributed by atoms with Crippen LogP contribution >= 0.6 is 23.2 Å². The van der Waals surface area contributed by atoms with Crippen molar-refractivity contribution in [1.82, 2.24) is 9.97 Å². The van der Waals surface area contributed by atoms with Gasteiger partial charge in [0, 0.05) is 18.0 Å². The Morgan fingerprint density at radius 1 is 1.18 bits per heavy atom. The van der Waals surface area contributed by atoms with Gasteiger partial charge in [0.2, 0.25) is 5.78 Å². The Labute approximate surface area is 107 Å². The molecule has 6 heteroatoms. The van der Waals surface area contributed by atoms with Crippen molar-refractivity contribution in [3.05, 3.63) is 52.0 Å². The van der Waals surface area contributed by atoms with Crippen molar-refractivity contribution in [2.75, 3.05) is 5.73 Å². The first-order valence-corrected chi connectivity index (χ1v) is 5.40. The first kappa shape index (κ1) is 11.8. The SMILES string of the molecule is Nc1c(Cl)cc(C(=O)c2cnccn2)cc1Cl. The summed E-state index contributed by atoms with van der Waals surface area (Å²) in [5.41, 5.74) is 6.39. The predicted molar refractivity (Wildman–Crippen MR) is 66.3 cm³/mol. The molecule has 0 fully saturated rings. The van der Waals surface area contributed by atoms with Crippen LogP contribution in [0.25, 0.3) is 0 Å². The van der Waals surface area contributed by atoms with E-state index in [1.54, 1.807) is 0 Å². The molecule has 1 aromatic heterocycles. The highest BCUT2D eigenvalue weighted by molar-refractivity contribution is 6.39. The van der Waals surface area contributed by atoms with Crippen LogP contribution in [0.15, 0.2) is 30.7 Å². The zero-order chi connectivity index (χ0) is 12.4. The van der Waals surface area contributed by atoms with Crippen molar-refractivity contribution in [3.63, 3.8) is 0 Å². The second kappa shape index (κ2) is 4.69. The Hall–Kier alpha value is -1.65. The van der Waals surface area contributed by atoms with E-state index in [4.69, 9.17) is 28.9 Å². The second-order valence-corrected chi connectivity index (χ2v) is 4.09. The van der Waals surface area contributed by atoms with Gasteiger partial charge in [-0.1, -0.05) is 23.2 Å². The number of nitrogen functional groups attached to an aromatic ring is 1. The van der Waals surface area contributed by atoms with Crippen LogP contribution in [0.2, 0.25) is 10.0 Å². The van der Waals surface area contributed by atoms with E-state index in [0.29, 0.717) is 5.56 Å². The standard InChI is InChI=1S/C11H7Cl2N3O/c12-7-3-6(4-8(13)10(7)14)11(17)9-5-15-1-2-16-9/h1-5H,14H2. The summed E-state index contributed by atoms with van der Waals surface area (Å²) in [7, 11) is 0. The van der Waals surface area contributed by atoms with Crippen molar-refractivity contribution in [2.24, 2.45) is 0 Å². The summed E-state index contributed by atoms with van der Waals surface area (Å²) in [6, 6.07) is 2.92. The molecule has 0 spiro atoms. The minimum Gasteiger partial charge on any atom is -0.396 e. The molecule has 0 atom stereocenters. The lowest BCUT2D eigenvalue weighted by Crippen LogP contribution is -2.05. The van der Waals surface area contributed by atoms with Crippen LogP contribution in [-0.2, 0) is 0 Å². The summed E-state index contributed by atoms with van der Waals surface area (Å²) < 4.78 is 0.